The molecular weight excluding hydrogens is 301 g/mol. The fourth-order valence-corrected chi connectivity index (χ4v) is 2.83. The summed E-state index contributed by atoms with van der Waals surface area (Å²) < 4.78 is 0. The SMILES string of the molecule is C=C=Cc1cccnc1C(CC=C)c1ccc(Cl)cc1Cl. The molecule has 0 spiro atoms. The van der Waals surface area contributed by atoms with Crippen molar-refractivity contribution in [3.8, 4) is 0 Å². The second-order valence-corrected chi connectivity index (χ2v) is 5.41. The Labute approximate surface area is 135 Å². The number of benzene rings is 1. The third-order valence-corrected chi connectivity index (χ3v) is 3.76. The van der Waals surface area contributed by atoms with Gasteiger partial charge in [-0.05, 0) is 36.3 Å². The van der Waals surface area contributed by atoms with Gasteiger partial charge in [-0.1, -0.05) is 48.0 Å². The van der Waals surface area contributed by atoms with E-state index in [1.165, 1.54) is 0 Å². The van der Waals surface area contributed by atoms with Crippen molar-refractivity contribution in [1.82, 2.24) is 4.98 Å². The van der Waals surface area contributed by atoms with Crippen LogP contribution in [0.1, 0.15) is 29.2 Å². The Morgan fingerprint density at radius 1 is 1.29 bits per heavy atom. The predicted octanol–water partition coefficient (Wildman–Crippen LogP) is 5.89. The highest BCUT2D eigenvalue weighted by molar-refractivity contribution is 6.35. The van der Waals surface area contributed by atoms with E-state index in [9.17, 15) is 0 Å². The van der Waals surface area contributed by atoms with E-state index in [4.69, 9.17) is 23.2 Å². The minimum atomic E-state index is 0.0214. The zero-order valence-electron chi connectivity index (χ0n) is 11.5. The van der Waals surface area contributed by atoms with Crippen LogP contribution < -0.4 is 0 Å². The summed E-state index contributed by atoms with van der Waals surface area (Å²) in [4.78, 5) is 4.52. The quantitative estimate of drug-likeness (QED) is 0.495. The minimum absolute atomic E-state index is 0.0214. The van der Waals surface area contributed by atoms with Gasteiger partial charge in [0.25, 0.3) is 0 Å². The zero-order chi connectivity index (χ0) is 15.2. The molecule has 106 valence electrons. The second kappa shape index (κ2) is 7.28. The molecule has 1 aromatic heterocycles. The first-order chi connectivity index (χ1) is 10.2. The van der Waals surface area contributed by atoms with E-state index in [1.807, 2.05) is 36.4 Å². The lowest BCUT2D eigenvalue weighted by atomic mass is 9.89. The Kier molecular flexibility index (Phi) is 5.41. The molecule has 2 aromatic rings. The lowest BCUT2D eigenvalue weighted by molar-refractivity contribution is 0.793. The molecule has 0 bridgehead atoms. The maximum absolute atomic E-state index is 6.35. The molecule has 1 nitrogen and oxygen atoms in total. The van der Waals surface area contributed by atoms with E-state index in [0.717, 1.165) is 23.2 Å². The number of halogens is 2. The molecular formula is C18H15Cl2N. The Morgan fingerprint density at radius 2 is 2.10 bits per heavy atom. The first kappa shape index (κ1) is 15.6. The maximum atomic E-state index is 6.35. The monoisotopic (exact) mass is 315 g/mol. The van der Waals surface area contributed by atoms with Gasteiger partial charge in [0.1, 0.15) is 0 Å². The van der Waals surface area contributed by atoms with Gasteiger partial charge in [0.15, 0.2) is 0 Å². The van der Waals surface area contributed by atoms with Crippen LogP contribution in [0.25, 0.3) is 6.08 Å². The van der Waals surface area contributed by atoms with Crippen LogP contribution >= 0.6 is 23.2 Å². The lowest BCUT2D eigenvalue weighted by Crippen LogP contribution is -2.05. The van der Waals surface area contributed by atoms with Crippen LogP contribution in [0.3, 0.4) is 0 Å². The van der Waals surface area contributed by atoms with Gasteiger partial charge < -0.3 is 0 Å². The summed E-state index contributed by atoms with van der Waals surface area (Å²) >= 11 is 12.3. The predicted molar refractivity (Wildman–Crippen MR) is 91.0 cm³/mol. The van der Waals surface area contributed by atoms with Crippen molar-refractivity contribution < 1.29 is 0 Å². The molecule has 2 rings (SSSR count). The molecule has 0 saturated carbocycles. The normalized spacial score (nSPS) is 11.5. The van der Waals surface area contributed by atoms with Crippen molar-refractivity contribution in [2.75, 3.05) is 0 Å². The molecule has 0 fully saturated rings. The van der Waals surface area contributed by atoms with Gasteiger partial charge in [-0.25, -0.2) is 0 Å². The Bertz CT molecular complexity index is 700. The van der Waals surface area contributed by atoms with E-state index in [1.54, 1.807) is 12.3 Å². The molecule has 1 atom stereocenters. The first-order valence-corrected chi connectivity index (χ1v) is 7.29. The molecule has 3 heteroatoms. The van der Waals surface area contributed by atoms with Crippen LogP contribution in [0.2, 0.25) is 10.0 Å². The molecule has 21 heavy (non-hydrogen) atoms. The summed E-state index contributed by atoms with van der Waals surface area (Å²) in [5.41, 5.74) is 5.69. The lowest BCUT2D eigenvalue weighted by Gasteiger charge is -2.18. The van der Waals surface area contributed by atoms with E-state index in [2.05, 4.69) is 23.9 Å². The van der Waals surface area contributed by atoms with Gasteiger partial charge in [0.2, 0.25) is 0 Å². The van der Waals surface area contributed by atoms with Crippen molar-refractivity contribution in [2.24, 2.45) is 0 Å². The third-order valence-electron chi connectivity index (χ3n) is 3.20. The summed E-state index contributed by atoms with van der Waals surface area (Å²) in [7, 11) is 0. The Balaban J connectivity index is 2.58. The highest BCUT2D eigenvalue weighted by Crippen LogP contribution is 2.35. The molecule has 0 saturated heterocycles. The molecule has 0 aliphatic carbocycles. The molecule has 0 N–H and O–H groups in total. The van der Waals surface area contributed by atoms with Crippen molar-refractivity contribution >= 4 is 29.3 Å². The third kappa shape index (κ3) is 3.65. The van der Waals surface area contributed by atoms with E-state index >= 15 is 0 Å². The zero-order valence-corrected chi connectivity index (χ0v) is 13.0. The smallest absolute Gasteiger partial charge is 0.0560 e. The highest BCUT2D eigenvalue weighted by atomic mass is 35.5. The topological polar surface area (TPSA) is 12.9 Å². The van der Waals surface area contributed by atoms with Gasteiger partial charge in [-0.2, -0.15) is 0 Å². The Hall–Kier alpha value is -1.79. The average Bonchev–Trinajstić information content (AvgIpc) is 2.47. The number of allylic oxidation sites excluding steroid dienone is 1. The minimum Gasteiger partial charge on any atom is -0.260 e. The summed E-state index contributed by atoms with van der Waals surface area (Å²) in [6, 6.07) is 9.40. The second-order valence-electron chi connectivity index (χ2n) is 4.57. The van der Waals surface area contributed by atoms with Crippen molar-refractivity contribution in [3.05, 3.63) is 88.4 Å². The number of hydrogen-bond acceptors (Lipinski definition) is 1. The number of aromatic nitrogens is 1. The number of pyridine rings is 1. The molecule has 0 aliphatic rings. The molecule has 1 aromatic carbocycles. The fourth-order valence-electron chi connectivity index (χ4n) is 2.29. The van der Waals surface area contributed by atoms with E-state index in [0.29, 0.717) is 10.0 Å². The van der Waals surface area contributed by atoms with E-state index < -0.39 is 0 Å². The van der Waals surface area contributed by atoms with E-state index in [-0.39, 0.29) is 5.92 Å². The molecule has 1 heterocycles. The molecule has 0 radical (unpaired) electrons. The molecule has 1 unspecified atom stereocenters. The van der Waals surface area contributed by atoms with Gasteiger partial charge in [0.05, 0.1) is 5.69 Å². The summed E-state index contributed by atoms with van der Waals surface area (Å²) in [6.45, 7) is 7.47. The largest absolute Gasteiger partial charge is 0.260 e. The van der Waals surface area contributed by atoms with Crippen molar-refractivity contribution in [2.45, 2.75) is 12.3 Å². The fraction of sp³-hybridized carbons (Fsp3) is 0.111. The van der Waals surface area contributed by atoms with Gasteiger partial charge in [-0.15, -0.1) is 12.3 Å². The van der Waals surface area contributed by atoms with Gasteiger partial charge in [0, 0.05) is 27.7 Å². The van der Waals surface area contributed by atoms with Crippen molar-refractivity contribution in [3.63, 3.8) is 0 Å². The van der Waals surface area contributed by atoms with Crippen LogP contribution in [0, 0.1) is 0 Å². The summed E-state index contributed by atoms with van der Waals surface area (Å²) in [5.74, 6) is 0.0214. The number of nitrogens with zero attached hydrogens (tertiary/aromatic N) is 1. The van der Waals surface area contributed by atoms with Crippen LogP contribution in [0.5, 0.6) is 0 Å². The van der Waals surface area contributed by atoms with Crippen molar-refractivity contribution in [1.29, 1.82) is 0 Å². The Morgan fingerprint density at radius 3 is 2.76 bits per heavy atom. The average molecular weight is 316 g/mol. The number of rotatable bonds is 5. The van der Waals surface area contributed by atoms with Crippen LogP contribution in [0.4, 0.5) is 0 Å². The first-order valence-electron chi connectivity index (χ1n) is 6.54. The van der Waals surface area contributed by atoms with Gasteiger partial charge >= 0.3 is 0 Å². The van der Waals surface area contributed by atoms with Crippen LogP contribution in [0.15, 0.2) is 61.5 Å². The summed E-state index contributed by atoms with van der Waals surface area (Å²) in [6.07, 6.45) is 6.19. The van der Waals surface area contributed by atoms with Crippen LogP contribution in [-0.2, 0) is 0 Å². The highest BCUT2D eigenvalue weighted by Gasteiger charge is 2.19. The van der Waals surface area contributed by atoms with Crippen LogP contribution in [-0.4, -0.2) is 4.98 Å². The molecule has 0 amide bonds. The standard InChI is InChI=1S/C18H15Cl2N/c1-3-6-13-8-5-11-21-18(13)16(7-4-2)15-10-9-14(19)12-17(15)20/h4-6,8-12,16H,1-2,7H2. The number of hydrogen-bond donors (Lipinski definition) is 0. The molecule has 0 aliphatic heterocycles. The summed E-state index contributed by atoms with van der Waals surface area (Å²) in [5, 5.41) is 1.25. The maximum Gasteiger partial charge on any atom is 0.0560 e. The van der Waals surface area contributed by atoms with Gasteiger partial charge in [-0.3, -0.25) is 4.98 Å².